The van der Waals surface area contributed by atoms with E-state index < -0.39 is 17.7 Å². The molecule has 2 N–H and O–H groups in total. The summed E-state index contributed by atoms with van der Waals surface area (Å²) in [5, 5.41) is 12.2. The molecule has 0 amide bonds. The van der Waals surface area contributed by atoms with Gasteiger partial charge in [-0.1, -0.05) is 33.6 Å². The van der Waals surface area contributed by atoms with E-state index in [4.69, 9.17) is 14.6 Å². The summed E-state index contributed by atoms with van der Waals surface area (Å²) in [6, 6.07) is 4.75. The molecule has 406 valence electrons. The smallest absolute Gasteiger partial charge is 0.416 e. The third-order valence-corrected chi connectivity index (χ3v) is 13.4. The largest absolute Gasteiger partial charge is 0.476 e. The topological polar surface area (TPSA) is 253 Å². The Hall–Kier alpha value is -8.27. The number of Topliss-reactive ketones (excluding diaryl/α,β-unsaturated/α-hetero) is 1. The molecule has 0 aliphatic carbocycles. The molecule has 9 heterocycles. The first-order valence-corrected chi connectivity index (χ1v) is 26.1. The first kappa shape index (κ1) is 57.4. The van der Waals surface area contributed by atoms with Crippen LogP contribution >= 0.6 is 33.9 Å². The summed E-state index contributed by atoms with van der Waals surface area (Å²) in [5.74, 6) is -1.98. The molecular weight excluding hydrogens is 1150 g/mol. The number of hydrogen-bond acceptors (Lipinski definition) is 17. The van der Waals surface area contributed by atoms with Gasteiger partial charge in [0.25, 0.3) is 0 Å². The third-order valence-electron chi connectivity index (χ3n) is 11.4. The van der Waals surface area contributed by atoms with Crippen LogP contribution in [0.2, 0.25) is 0 Å². The van der Waals surface area contributed by atoms with Gasteiger partial charge in [-0.15, -0.1) is 11.3 Å². The highest BCUT2D eigenvalue weighted by Crippen LogP contribution is 2.33. The van der Waals surface area contributed by atoms with Gasteiger partial charge in [0.05, 0.1) is 49.8 Å². The summed E-state index contributed by atoms with van der Waals surface area (Å²) >= 11 is 3.51. The number of carboxylic acids is 1. The number of carbonyl (C=O) groups excluding carboxylic acids is 3. The number of imidazole rings is 4. The molecule has 0 spiro atoms. The van der Waals surface area contributed by atoms with Gasteiger partial charge in [-0.2, -0.15) is 13.2 Å². The van der Waals surface area contributed by atoms with Crippen molar-refractivity contribution in [3.05, 3.63) is 159 Å². The minimum Gasteiger partial charge on any atom is -0.476 e. The van der Waals surface area contributed by atoms with Crippen molar-refractivity contribution in [2.75, 3.05) is 18.5 Å². The number of esters is 2. The number of hydrogen-bond donors (Lipinski definition) is 2. The molecule has 1 atom stereocenters. The van der Waals surface area contributed by atoms with Gasteiger partial charge in [0, 0.05) is 83.6 Å². The van der Waals surface area contributed by atoms with Crippen molar-refractivity contribution in [3.8, 4) is 0 Å². The van der Waals surface area contributed by atoms with E-state index in [1.807, 2.05) is 54.7 Å². The van der Waals surface area contributed by atoms with E-state index in [0.29, 0.717) is 52.4 Å². The number of nitrogens with zero attached hydrogens (tertiary/aromatic N) is 13. The Balaban J connectivity index is 0.000000161. The van der Waals surface area contributed by atoms with Crippen LogP contribution in [0.4, 0.5) is 24.0 Å². The van der Waals surface area contributed by atoms with Crippen LogP contribution in [0.3, 0.4) is 0 Å². The number of rotatable bonds is 15. The predicted octanol–water partition coefficient (Wildman–Crippen LogP) is 10.7. The zero-order valence-corrected chi connectivity index (χ0v) is 45.9. The second-order valence-corrected chi connectivity index (χ2v) is 19.5. The van der Waals surface area contributed by atoms with E-state index >= 15 is 0 Å². The molecule has 9 aromatic heterocycles. The zero-order chi connectivity index (χ0) is 56.1. The van der Waals surface area contributed by atoms with Gasteiger partial charge < -0.3 is 33.1 Å². The second kappa shape index (κ2) is 26.2. The quantitative estimate of drug-likeness (QED) is 0.0419. The first-order valence-electron chi connectivity index (χ1n) is 24.2. The molecule has 0 fully saturated rings. The lowest BCUT2D eigenvalue weighted by Crippen LogP contribution is -2.09. The number of aryl methyl sites for hydroxylation is 3. The van der Waals surface area contributed by atoms with Crippen molar-refractivity contribution >= 4 is 91.0 Å². The Morgan fingerprint density at radius 3 is 1.54 bits per heavy atom. The fourth-order valence-electron chi connectivity index (χ4n) is 7.05. The van der Waals surface area contributed by atoms with Crippen molar-refractivity contribution in [2.45, 2.75) is 85.7 Å². The second-order valence-electron chi connectivity index (χ2n) is 17.4. The number of alkyl halides is 3. The Morgan fingerprint density at radius 1 is 0.615 bits per heavy atom. The molecule has 0 aliphatic heterocycles. The number of carbonyl (C=O) groups is 4. The van der Waals surface area contributed by atoms with Crippen LogP contribution in [0, 0.1) is 24.5 Å². The van der Waals surface area contributed by atoms with Crippen molar-refractivity contribution in [1.82, 2.24) is 62.5 Å². The standard InChI is InChI=1S/C21H18F3N5OS.C12H15N3O2.C11H12IN3O2.C8H7N3O2/c1-12(7-17(30)16-11-29-13(2)8-26-19(29)10-25-16)18-9-27-20(31-18)28-15-5-3-14(4-6-15)21(22,23)24;1-3-4-5-17-12(16)10-8-15-9(2)6-14-11(15)7-13-10;1-2-3-4-17-11(16)8-7-15-9(12)5-14-10(15)6-13-8;1-5-2-10-7-3-9-6(8(12)13)4-11(5)7/h3-6,8-12H,7H2,1-2H3,(H,27,28);6-8H,3-5H2,1-2H3;5-7H,2-4H2,1H3;2-4H,1H3,(H,12,13). The Kier molecular flexibility index (Phi) is 19.3. The summed E-state index contributed by atoms with van der Waals surface area (Å²) < 4.78 is 56.3. The number of thiazole rings is 1. The monoisotopic (exact) mass is 1200 g/mol. The van der Waals surface area contributed by atoms with E-state index in [-0.39, 0.29) is 35.8 Å². The van der Waals surface area contributed by atoms with E-state index in [1.165, 1.54) is 35.9 Å². The Bertz CT molecular complexity index is 3610. The lowest BCUT2D eigenvalue weighted by molar-refractivity contribution is -0.137. The van der Waals surface area contributed by atoms with Gasteiger partial charge in [0.2, 0.25) is 0 Å². The maximum absolute atomic E-state index is 12.7. The fraction of sp³-hybridized carbons (Fsp3) is 0.288. The third kappa shape index (κ3) is 14.8. The number of aromatic nitrogens is 13. The highest BCUT2D eigenvalue weighted by atomic mass is 127. The summed E-state index contributed by atoms with van der Waals surface area (Å²) in [7, 11) is 0. The molecular formula is C52H52F3IN14O7S. The molecule has 1 aromatic carbocycles. The maximum atomic E-state index is 12.7. The van der Waals surface area contributed by atoms with Gasteiger partial charge in [-0.25, -0.2) is 59.2 Å². The Morgan fingerprint density at radius 2 is 1.05 bits per heavy atom. The van der Waals surface area contributed by atoms with Crippen LogP contribution in [0.25, 0.3) is 22.6 Å². The van der Waals surface area contributed by atoms with E-state index in [1.54, 1.807) is 72.6 Å². The zero-order valence-electron chi connectivity index (χ0n) is 43.0. The average molecular weight is 1200 g/mol. The molecule has 0 saturated carbocycles. The van der Waals surface area contributed by atoms with Crippen LogP contribution in [-0.2, 0) is 15.7 Å². The number of ketones is 1. The van der Waals surface area contributed by atoms with Crippen molar-refractivity contribution in [3.63, 3.8) is 0 Å². The number of nitrogens with one attached hydrogen (secondary N) is 1. The number of fused-ring (bicyclic) bond motifs is 4. The van der Waals surface area contributed by atoms with E-state index in [9.17, 15) is 32.3 Å². The maximum Gasteiger partial charge on any atom is 0.416 e. The average Bonchev–Trinajstić information content (AvgIpc) is 4.29. The van der Waals surface area contributed by atoms with Crippen molar-refractivity contribution in [2.24, 2.45) is 0 Å². The van der Waals surface area contributed by atoms with E-state index in [2.05, 4.69) is 72.8 Å². The minimum atomic E-state index is -4.37. The molecule has 1 unspecified atom stereocenters. The number of anilines is 2. The molecule has 21 nitrogen and oxygen atoms in total. The summed E-state index contributed by atoms with van der Waals surface area (Å²) in [6.45, 7) is 12.6. The number of carboxylic acid groups (broad SMARTS) is 1. The van der Waals surface area contributed by atoms with Crippen molar-refractivity contribution in [1.29, 1.82) is 0 Å². The predicted molar refractivity (Wildman–Crippen MR) is 290 cm³/mol. The number of ether oxygens (including phenoxy) is 2. The fourth-order valence-corrected chi connectivity index (χ4v) is 8.46. The van der Waals surface area contributed by atoms with Crippen LogP contribution in [0.5, 0.6) is 0 Å². The van der Waals surface area contributed by atoms with Crippen LogP contribution in [0.1, 0.15) is 128 Å². The molecule has 0 bridgehead atoms. The lowest BCUT2D eigenvalue weighted by atomic mass is 10.0. The van der Waals surface area contributed by atoms with Gasteiger partial charge in [0.1, 0.15) is 9.39 Å². The van der Waals surface area contributed by atoms with E-state index in [0.717, 1.165) is 74.8 Å². The van der Waals surface area contributed by atoms with Crippen LogP contribution < -0.4 is 5.32 Å². The number of halogens is 4. The molecule has 26 heteroatoms. The normalized spacial score (nSPS) is 11.5. The van der Waals surface area contributed by atoms with Gasteiger partial charge in [-0.3, -0.25) is 9.20 Å². The van der Waals surface area contributed by atoms with Crippen LogP contribution in [-0.4, -0.2) is 104 Å². The summed E-state index contributed by atoms with van der Waals surface area (Å²) in [5.41, 5.74) is 6.37. The molecule has 78 heavy (non-hydrogen) atoms. The summed E-state index contributed by atoms with van der Waals surface area (Å²) in [4.78, 5) is 84.3. The molecule has 10 aromatic rings. The molecule has 0 radical (unpaired) electrons. The highest BCUT2D eigenvalue weighted by molar-refractivity contribution is 14.1. The van der Waals surface area contributed by atoms with Crippen LogP contribution in [0.15, 0.2) is 105 Å². The van der Waals surface area contributed by atoms with Gasteiger partial charge >= 0.3 is 24.1 Å². The van der Waals surface area contributed by atoms with Gasteiger partial charge in [-0.05, 0) is 86.4 Å². The molecule has 10 rings (SSSR count). The van der Waals surface area contributed by atoms with Crippen molar-refractivity contribution < 1.29 is 46.9 Å². The number of unbranched alkanes of at least 4 members (excludes halogenated alkanes) is 2. The first-order chi connectivity index (χ1) is 37.3. The van der Waals surface area contributed by atoms with Gasteiger partial charge in [0.15, 0.2) is 50.6 Å². The number of aromatic carboxylic acids is 1. The highest BCUT2D eigenvalue weighted by Gasteiger charge is 2.30. The SMILES string of the molecule is CCCCOC(=O)c1cn2c(C)cnc2cn1.CCCCOC(=O)c1cn2c(I)cnc2cn1.Cc1cnc2cnc(C(=O)CC(C)c3cnc(Nc4ccc(C(F)(F)F)cc4)s3)cn12.Cc1cnc2cnc(C(=O)O)cn12. The minimum absolute atomic E-state index is 0.0219. The summed E-state index contributed by atoms with van der Waals surface area (Å²) in [6.07, 6.45) is 20.8. The Labute approximate surface area is 461 Å². The molecule has 0 aliphatic rings. The number of benzene rings is 1. The lowest BCUT2D eigenvalue weighted by Gasteiger charge is -2.09. The molecule has 0 saturated heterocycles.